The molecule has 19 heavy (non-hydrogen) atoms. The zero-order valence-corrected chi connectivity index (χ0v) is 11.3. The first kappa shape index (κ1) is 13.8. The number of nitrogens with zero attached hydrogens (tertiary/aromatic N) is 2. The monoisotopic (exact) mass is 278 g/mol. The lowest BCUT2D eigenvalue weighted by molar-refractivity contribution is -0.384. The lowest BCUT2D eigenvalue weighted by Gasteiger charge is -2.30. The average molecular weight is 279 g/mol. The predicted molar refractivity (Wildman–Crippen MR) is 72.9 cm³/mol. The molecule has 0 N–H and O–H groups in total. The second kappa shape index (κ2) is 5.58. The summed E-state index contributed by atoms with van der Waals surface area (Å²) in [7, 11) is 0. The number of hydrogen-bond donors (Lipinski definition) is 0. The topological polar surface area (TPSA) is 66.9 Å². The molecule has 0 saturated heterocycles. The van der Waals surface area contributed by atoms with Gasteiger partial charge < -0.3 is 0 Å². The van der Waals surface area contributed by atoms with E-state index in [-0.39, 0.29) is 11.1 Å². The molecular formula is C14H15ClN2O2. The third-order valence-corrected chi connectivity index (χ3v) is 4.18. The second-order valence-corrected chi connectivity index (χ2v) is 5.57. The lowest BCUT2D eigenvalue weighted by atomic mass is 9.71. The van der Waals surface area contributed by atoms with Crippen molar-refractivity contribution in [2.24, 2.45) is 5.41 Å². The minimum Gasteiger partial charge on any atom is -0.258 e. The minimum atomic E-state index is -0.462. The van der Waals surface area contributed by atoms with E-state index in [4.69, 9.17) is 11.6 Å². The van der Waals surface area contributed by atoms with Gasteiger partial charge in [0.2, 0.25) is 0 Å². The Kier molecular flexibility index (Phi) is 4.06. The Hall–Kier alpha value is -1.60. The van der Waals surface area contributed by atoms with E-state index >= 15 is 0 Å². The summed E-state index contributed by atoms with van der Waals surface area (Å²) in [5.74, 6) is 0. The minimum absolute atomic E-state index is 0.0107. The molecule has 1 saturated carbocycles. The highest BCUT2D eigenvalue weighted by Crippen LogP contribution is 2.40. The fourth-order valence-corrected chi connectivity index (χ4v) is 2.96. The highest BCUT2D eigenvalue weighted by molar-refractivity contribution is 6.31. The van der Waals surface area contributed by atoms with Crippen LogP contribution in [0.25, 0.3) is 0 Å². The first-order chi connectivity index (χ1) is 9.06. The number of benzene rings is 1. The van der Waals surface area contributed by atoms with Crippen molar-refractivity contribution in [1.29, 1.82) is 5.26 Å². The molecule has 100 valence electrons. The van der Waals surface area contributed by atoms with Gasteiger partial charge in [-0.2, -0.15) is 5.26 Å². The molecule has 1 aromatic carbocycles. The van der Waals surface area contributed by atoms with E-state index < -0.39 is 4.92 Å². The summed E-state index contributed by atoms with van der Waals surface area (Å²) in [6, 6.07) is 6.93. The Morgan fingerprint density at radius 3 is 2.58 bits per heavy atom. The number of rotatable bonds is 3. The maximum atomic E-state index is 10.7. The molecule has 1 aromatic rings. The molecule has 0 heterocycles. The molecule has 1 fully saturated rings. The number of non-ortho nitro benzene ring substituents is 1. The van der Waals surface area contributed by atoms with Gasteiger partial charge in [0.05, 0.1) is 21.4 Å². The third kappa shape index (κ3) is 3.05. The molecular weight excluding hydrogens is 264 g/mol. The largest absolute Gasteiger partial charge is 0.270 e. The van der Waals surface area contributed by atoms with Gasteiger partial charge in [-0.3, -0.25) is 10.1 Å². The van der Waals surface area contributed by atoms with Crippen LogP contribution in [0.1, 0.15) is 37.7 Å². The Morgan fingerprint density at radius 2 is 2.05 bits per heavy atom. The van der Waals surface area contributed by atoms with E-state index in [1.807, 2.05) is 0 Å². The van der Waals surface area contributed by atoms with Gasteiger partial charge in [0.15, 0.2) is 0 Å². The number of nitro benzene ring substituents is 1. The molecule has 0 bridgehead atoms. The molecule has 0 amide bonds. The smallest absolute Gasteiger partial charge is 0.258 e. The number of hydrogen-bond acceptors (Lipinski definition) is 3. The van der Waals surface area contributed by atoms with Gasteiger partial charge in [0.1, 0.15) is 0 Å². The Morgan fingerprint density at radius 1 is 1.37 bits per heavy atom. The summed E-state index contributed by atoms with van der Waals surface area (Å²) in [5.41, 5.74) is 0.469. The molecule has 0 spiro atoms. The van der Waals surface area contributed by atoms with E-state index in [2.05, 4.69) is 6.07 Å². The second-order valence-electron chi connectivity index (χ2n) is 5.16. The van der Waals surface area contributed by atoms with Crippen molar-refractivity contribution in [3.05, 3.63) is 38.9 Å². The van der Waals surface area contributed by atoms with Gasteiger partial charge in [-0.25, -0.2) is 0 Å². The molecule has 0 aromatic heterocycles. The molecule has 0 radical (unpaired) electrons. The van der Waals surface area contributed by atoms with E-state index in [1.54, 1.807) is 6.07 Å². The quantitative estimate of drug-likeness (QED) is 0.612. The normalized spacial score (nSPS) is 17.7. The van der Waals surface area contributed by atoms with Gasteiger partial charge in [0, 0.05) is 12.1 Å². The molecule has 0 atom stereocenters. The summed E-state index contributed by atoms with van der Waals surface area (Å²) >= 11 is 6.10. The Balaban J connectivity index is 2.23. The zero-order valence-electron chi connectivity index (χ0n) is 10.6. The van der Waals surface area contributed by atoms with E-state index in [1.165, 1.54) is 18.6 Å². The fraction of sp³-hybridized carbons (Fsp3) is 0.500. The maximum absolute atomic E-state index is 10.7. The highest BCUT2D eigenvalue weighted by Gasteiger charge is 2.33. The van der Waals surface area contributed by atoms with Crippen molar-refractivity contribution >= 4 is 17.3 Å². The van der Waals surface area contributed by atoms with Crippen molar-refractivity contribution in [3.8, 4) is 6.07 Å². The first-order valence-corrected chi connectivity index (χ1v) is 6.78. The zero-order chi connectivity index (χ0) is 13.9. The van der Waals surface area contributed by atoms with Crippen molar-refractivity contribution in [2.45, 2.75) is 38.5 Å². The van der Waals surface area contributed by atoms with Gasteiger partial charge >= 0.3 is 0 Å². The van der Waals surface area contributed by atoms with Crippen molar-refractivity contribution in [2.75, 3.05) is 0 Å². The van der Waals surface area contributed by atoms with Crippen LogP contribution in [0.5, 0.6) is 0 Å². The molecule has 0 aliphatic heterocycles. The third-order valence-electron chi connectivity index (χ3n) is 3.82. The van der Waals surface area contributed by atoms with Crippen LogP contribution in [0.4, 0.5) is 5.69 Å². The standard InChI is InChI=1S/C14H15ClN2O2/c15-13-8-12(17(18)19)5-4-11(13)9-14(10-16)6-2-1-3-7-14/h4-5,8H,1-3,6-7,9H2. The van der Waals surface area contributed by atoms with Gasteiger partial charge in [-0.15, -0.1) is 0 Å². The molecule has 1 aliphatic carbocycles. The maximum Gasteiger partial charge on any atom is 0.270 e. The number of halogens is 1. The SMILES string of the molecule is N#CC1(Cc2ccc([N+](=O)[O-])cc2Cl)CCCCC1. The van der Waals surface area contributed by atoms with Crippen LogP contribution in [0.15, 0.2) is 18.2 Å². The van der Waals surface area contributed by atoms with Crippen LogP contribution in [-0.4, -0.2) is 4.92 Å². The molecule has 4 nitrogen and oxygen atoms in total. The molecule has 2 rings (SSSR count). The summed E-state index contributed by atoms with van der Waals surface area (Å²) in [4.78, 5) is 10.2. The van der Waals surface area contributed by atoms with E-state index in [9.17, 15) is 15.4 Å². The summed E-state index contributed by atoms with van der Waals surface area (Å²) in [6.07, 6.45) is 5.67. The molecule has 0 unspecified atom stereocenters. The van der Waals surface area contributed by atoms with Crippen LogP contribution in [0.3, 0.4) is 0 Å². The Bertz CT molecular complexity index is 531. The highest BCUT2D eigenvalue weighted by atomic mass is 35.5. The predicted octanol–water partition coefficient (Wildman–Crippen LogP) is 4.26. The van der Waals surface area contributed by atoms with Crippen LogP contribution >= 0.6 is 11.6 Å². The summed E-state index contributed by atoms with van der Waals surface area (Å²) in [5, 5.41) is 20.5. The molecule has 1 aliphatic rings. The van der Waals surface area contributed by atoms with E-state index in [0.717, 1.165) is 31.2 Å². The van der Waals surface area contributed by atoms with Crippen LogP contribution in [0, 0.1) is 26.9 Å². The van der Waals surface area contributed by atoms with Gasteiger partial charge in [0.25, 0.3) is 5.69 Å². The Labute approximate surface area is 117 Å². The van der Waals surface area contributed by atoms with Crippen molar-refractivity contribution in [3.63, 3.8) is 0 Å². The van der Waals surface area contributed by atoms with Crippen molar-refractivity contribution in [1.82, 2.24) is 0 Å². The van der Waals surface area contributed by atoms with Crippen LogP contribution < -0.4 is 0 Å². The molecule has 5 heteroatoms. The van der Waals surface area contributed by atoms with E-state index in [0.29, 0.717) is 11.4 Å². The van der Waals surface area contributed by atoms with Crippen LogP contribution in [-0.2, 0) is 6.42 Å². The summed E-state index contributed by atoms with van der Waals surface area (Å²) < 4.78 is 0. The number of nitriles is 1. The van der Waals surface area contributed by atoms with Gasteiger partial charge in [-0.1, -0.05) is 36.9 Å². The van der Waals surface area contributed by atoms with Crippen molar-refractivity contribution < 1.29 is 4.92 Å². The van der Waals surface area contributed by atoms with Crippen LogP contribution in [0.2, 0.25) is 5.02 Å². The van der Waals surface area contributed by atoms with Gasteiger partial charge in [-0.05, 0) is 24.8 Å². The first-order valence-electron chi connectivity index (χ1n) is 6.40. The lowest BCUT2D eigenvalue weighted by Crippen LogP contribution is -2.25. The fourth-order valence-electron chi connectivity index (χ4n) is 2.71. The summed E-state index contributed by atoms with van der Waals surface area (Å²) in [6.45, 7) is 0. The average Bonchev–Trinajstić information content (AvgIpc) is 2.42. The number of nitro groups is 1.